The van der Waals surface area contributed by atoms with E-state index in [4.69, 9.17) is 16.3 Å². The zero-order valence-corrected chi connectivity index (χ0v) is 16.5. The van der Waals surface area contributed by atoms with Crippen LogP contribution in [-0.2, 0) is 6.42 Å². The normalized spacial score (nSPS) is 15.0. The Morgan fingerprint density at radius 2 is 1.96 bits per heavy atom. The minimum Gasteiger partial charge on any atom is -0.497 e. The first-order valence-corrected chi connectivity index (χ1v) is 9.39. The number of aromatic nitrogens is 2. The molecule has 0 unspecified atom stereocenters. The standard InChI is InChI=1S/C19H25ClN6O/c1-21-18(24-9-6-15-4-5-16(27-2)14-17(15)20)25-10-12-26(13-11-25)19-22-7-3-8-23-19/h3-5,7-8,14H,6,9-13H2,1-2H3,(H,21,24). The maximum atomic E-state index is 6.31. The summed E-state index contributed by atoms with van der Waals surface area (Å²) in [6, 6.07) is 7.61. The Balaban J connectivity index is 1.49. The highest BCUT2D eigenvalue weighted by atomic mass is 35.5. The van der Waals surface area contributed by atoms with Crippen LogP contribution in [0.5, 0.6) is 5.75 Å². The summed E-state index contributed by atoms with van der Waals surface area (Å²) < 4.78 is 5.19. The molecule has 1 saturated heterocycles. The molecular formula is C19H25ClN6O. The van der Waals surface area contributed by atoms with E-state index < -0.39 is 0 Å². The fourth-order valence-corrected chi connectivity index (χ4v) is 3.34. The number of hydrogen-bond acceptors (Lipinski definition) is 5. The highest BCUT2D eigenvalue weighted by Crippen LogP contribution is 2.22. The lowest BCUT2D eigenvalue weighted by molar-refractivity contribution is 0.370. The summed E-state index contributed by atoms with van der Waals surface area (Å²) in [6.45, 7) is 4.26. The second-order valence-corrected chi connectivity index (χ2v) is 6.61. The van der Waals surface area contributed by atoms with E-state index >= 15 is 0 Å². The molecule has 1 aliphatic heterocycles. The maximum Gasteiger partial charge on any atom is 0.225 e. The van der Waals surface area contributed by atoms with Gasteiger partial charge in [0.25, 0.3) is 0 Å². The Hall–Kier alpha value is -2.54. The van der Waals surface area contributed by atoms with Gasteiger partial charge in [-0.1, -0.05) is 17.7 Å². The Labute approximate surface area is 165 Å². The zero-order chi connectivity index (χ0) is 19.1. The van der Waals surface area contributed by atoms with Crippen LogP contribution in [0.15, 0.2) is 41.7 Å². The Morgan fingerprint density at radius 3 is 2.59 bits per heavy atom. The van der Waals surface area contributed by atoms with Gasteiger partial charge in [0.2, 0.25) is 5.95 Å². The molecule has 2 aromatic rings. The lowest BCUT2D eigenvalue weighted by atomic mass is 10.1. The molecule has 1 aromatic carbocycles. The lowest BCUT2D eigenvalue weighted by Gasteiger charge is -2.36. The van der Waals surface area contributed by atoms with Crippen molar-refractivity contribution in [3.8, 4) is 5.75 Å². The number of nitrogens with one attached hydrogen (secondary N) is 1. The van der Waals surface area contributed by atoms with Crippen LogP contribution in [0.1, 0.15) is 5.56 Å². The number of rotatable bonds is 5. The molecule has 8 heteroatoms. The van der Waals surface area contributed by atoms with Gasteiger partial charge < -0.3 is 19.9 Å². The van der Waals surface area contributed by atoms with Crippen molar-refractivity contribution in [2.45, 2.75) is 6.42 Å². The summed E-state index contributed by atoms with van der Waals surface area (Å²) in [5.41, 5.74) is 1.09. The molecule has 7 nitrogen and oxygen atoms in total. The maximum absolute atomic E-state index is 6.31. The molecule has 3 rings (SSSR count). The number of guanidine groups is 1. The van der Waals surface area contributed by atoms with E-state index in [0.717, 1.165) is 67.4 Å². The summed E-state index contributed by atoms with van der Waals surface area (Å²) in [4.78, 5) is 17.5. The highest BCUT2D eigenvalue weighted by molar-refractivity contribution is 6.31. The molecule has 2 heterocycles. The van der Waals surface area contributed by atoms with Crippen molar-refractivity contribution in [3.05, 3.63) is 47.2 Å². The molecule has 0 amide bonds. The van der Waals surface area contributed by atoms with E-state index in [9.17, 15) is 0 Å². The molecule has 1 aliphatic rings. The fraction of sp³-hybridized carbons (Fsp3) is 0.421. The second kappa shape index (κ2) is 9.41. The summed E-state index contributed by atoms with van der Waals surface area (Å²) >= 11 is 6.31. The van der Waals surface area contributed by atoms with E-state index in [1.165, 1.54) is 0 Å². The summed E-state index contributed by atoms with van der Waals surface area (Å²) in [7, 11) is 3.45. The predicted octanol–water partition coefficient (Wildman–Crippen LogP) is 2.08. The quantitative estimate of drug-likeness (QED) is 0.625. The van der Waals surface area contributed by atoms with E-state index in [1.54, 1.807) is 19.5 Å². The van der Waals surface area contributed by atoms with Crippen LogP contribution in [0.2, 0.25) is 5.02 Å². The molecule has 1 aromatic heterocycles. The van der Waals surface area contributed by atoms with Gasteiger partial charge in [-0.25, -0.2) is 9.97 Å². The van der Waals surface area contributed by atoms with Crippen LogP contribution in [-0.4, -0.2) is 67.7 Å². The van der Waals surface area contributed by atoms with Gasteiger partial charge in [-0.05, 0) is 30.2 Å². The third-order valence-electron chi connectivity index (χ3n) is 4.56. The molecular weight excluding hydrogens is 364 g/mol. The smallest absolute Gasteiger partial charge is 0.225 e. The first-order valence-electron chi connectivity index (χ1n) is 9.01. The van der Waals surface area contributed by atoms with Crippen molar-refractivity contribution in [2.24, 2.45) is 4.99 Å². The number of nitrogens with zero attached hydrogens (tertiary/aromatic N) is 5. The number of anilines is 1. The van der Waals surface area contributed by atoms with Crippen molar-refractivity contribution < 1.29 is 4.74 Å². The lowest BCUT2D eigenvalue weighted by Crippen LogP contribution is -2.53. The Kier molecular flexibility index (Phi) is 6.70. The number of methoxy groups -OCH3 is 1. The van der Waals surface area contributed by atoms with Crippen molar-refractivity contribution >= 4 is 23.5 Å². The number of piperazine rings is 1. The number of ether oxygens (including phenoxy) is 1. The second-order valence-electron chi connectivity index (χ2n) is 6.20. The van der Waals surface area contributed by atoms with Gasteiger partial charge in [0.15, 0.2) is 5.96 Å². The van der Waals surface area contributed by atoms with Gasteiger partial charge in [0, 0.05) is 57.2 Å². The average Bonchev–Trinajstić information content (AvgIpc) is 2.73. The topological polar surface area (TPSA) is 65.9 Å². The highest BCUT2D eigenvalue weighted by Gasteiger charge is 2.20. The molecule has 1 fully saturated rings. The van der Waals surface area contributed by atoms with Crippen LogP contribution in [0.3, 0.4) is 0 Å². The summed E-state index contributed by atoms with van der Waals surface area (Å²) in [5, 5.41) is 4.16. The number of halogens is 1. The molecule has 0 aliphatic carbocycles. The number of hydrogen-bond donors (Lipinski definition) is 1. The van der Waals surface area contributed by atoms with Crippen molar-refractivity contribution in [1.29, 1.82) is 0 Å². The van der Waals surface area contributed by atoms with E-state index in [2.05, 4.69) is 30.1 Å². The van der Waals surface area contributed by atoms with Gasteiger partial charge >= 0.3 is 0 Å². The first-order chi connectivity index (χ1) is 13.2. The molecule has 0 saturated carbocycles. The molecule has 0 atom stereocenters. The SMILES string of the molecule is CN=C(NCCc1ccc(OC)cc1Cl)N1CCN(c2ncccn2)CC1. The van der Waals surface area contributed by atoms with Crippen molar-refractivity contribution in [2.75, 3.05) is 51.8 Å². The van der Waals surface area contributed by atoms with Crippen molar-refractivity contribution in [3.63, 3.8) is 0 Å². The number of aliphatic imine (C=N–C) groups is 1. The third-order valence-corrected chi connectivity index (χ3v) is 4.92. The van der Waals surface area contributed by atoms with Gasteiger partial charge in [0.1, 0.15) is 5.75 Å². The molecule has 144 valence electrons. The third kappa shape index (κ3) is 5.01. The Bertz CT molecular complexity index is 762. The minimum absolute atomic E-state index is 0.725. The summed E-state index contributed by atoms with van der Waals surface area (Å²) in [5.74, 6) is 2.47. The minimum atomic E-state index is 0.725. The van der Waals surface area contributed by atoms with Crippen LogP contribution in [0, 0.1) is 0 Å². The summed E-state index contributed by atoms with van der Waals surface area (Å²) in [6.07, 6.45) is 4.37. The first kappa shape index (κ1) is 19.2. The van der Waals surface area contributed by atoms with E-state index in [0.29, 0.717) is 0 Å². The van der Waals surface area contributed by atoms with Gasteiger partial charge in [0.05, 0.1) is 7.11 Å². The van der Waals surface area contributed by atoms with Gasteiger partial charge in [-0.2, -0.15) is 0 Å². The van der Waals surface area contributed by atoms with Crippen molar-refractivity contribution in [1.82, 2.24) is 20.2 Å². The van der Waals surface area contributed by atoms with E-state index in [1.807, 2.05) is 31.3 Å². The molecule has 0 radical (unpaired) electrons. The van der Waals surface area contributed by atoms with Gasteiger partial charge in [-0.3, -0.25) is 4.99 Å². The van der Waals surface area contributed by atoms with Crippen LogP contribution in [0.25, 0.3) is 0 Å². The number of benzene rings is 1. The van der Waals surface area contributed by atoms with Crippen LogP contribution < -0.4 is 15.0 Å². The monoisotopic (exact) mass is 388 g/mol. The van der Waals surface area contributed by atoms with E-state index in [-0.39, 0.29) is 0 Å². The molecule has 27 heavy (non-hydrogen) atoms. The predicted molar refractivity (Wildman–Crippen MR) is 109 cm³/mol. The van der Waals surface area contributed by atoms with Gasteiger partial charge in [-0.15, -0.1) is 0 Å². The average molecular weight is 389 g/mol. The molecule has 0 spiro atoms. The van der Waals surface area contributed by atoms with Crippen LogP contribution >= 0.6 is 11.6 Å². The fourth-order valence-electron chi connectivity index (χ4n) is 3.07. The zero-order valence-electron chi connectivity index (χ0n) is 15.7. The molecule has 0 bridgehead atoms. The Morgan fingerprint density at radius 1 is 1.22 bits per heavy atom. The van der Waals surface area contributed by atoms with Crippen LogP contribution in [0.4, 0.5) is 5.95 Å². The molecule has 1 N–H and O–H groups in total. The largest absolute Gasteiger partial charge is 0.497 e.